The van der Waals surface area contributed by atoms with Gasteiger partial charge in [0.1, 0.15) is 0 Å². The maximum atomic E-state index is 10.00. The molecule has 0 unspecified atom stereocenters. The number of hydrogen-bond acceptors (Lipinski definition) is 1. The molecule has 0 aliphatic heterocycles. The molecule has 10 heavy (non-hydrogen) atoms. The fraction of sp³-hybridized carbons (Fsp3) is 0. The molecule has 52 valence electrons. The Balaban J connectivity index is 2.64. The van der Waals surface area contributed by atoms with Gasteiger partial charge in [-0.25, -0.2) is 4.79 Å². The molecular weight excluding hydrogens is 130 g/mol. The van der Waals surface area contributed by atoms with Crippen LogP contribution in [0.25, 0.3) is 6.08 Å². The van der Waals surface area contributed by atoms with E-state index in [9.17, 15) is 4.79 Å². The zero-order valence-corrected chi connectivity index (χ0v) is 5.24. The maximum Gasteiger partial charge on any atom is 0.328 e. The summed E-state index contributed by atoms with van der Waals surface area (Å²) in [5, 5.41) is 8.22. The van der Waals surface area contributed by atoms with Gasteiger partial charge in [-0.05, 0) is 17.7 Å². The third-order valence-corrected chi connectivity index (χ3v) is 1.04. The lowest BCUT2D eigenvalue weighted by molar-refractivity contribution is -0.131. The number of carbonyl (C=O) groups is 1. The molecule has 1 aromatic heterocycles. The lowest BCUT2D eigenvalue weighted by Gasteiger charge is -1.78. The third kappa shape index (κ3) is 1.78. The van der Waals surface area contributed by atoms with Crippen molar-refractivity contribution in [2.45, 2.75) is 0 Å². The van der Waals surface area contributed by atoms with E-state index in [1.54, 1.807) is 18.5 Å². The Hall–Kier alpha value is -1.51. The van der Waals surface area contributed by atoms with Gasteiger partial charge in [0.25, 0.3) is 0 Å². The van der Waals surface area contributed by atoms with Crippen molar-refractivity contribution < 1.29 is 9.90 Å². The zero-order chi connectivity index (χ0) is 7.40. The summed E-state index contributed by atoms with van der Waals surface area (Å²) in [6.07, 6.45) is 6.09. The van der Waals surface area contributed by atoms with Crippen LogP contribution in [0, 0.1) is 0 Å². The van der Waals surface area contributed by atoms with E-state index in [2.05, 4.69) is 4.98 Å². The first-order valence-corrected chi connectivity index (χ1v) is 2.83. The lowest BCUT2D eigenvalue weighted by Crippen LogP contribution is -1.84. The van der Waals surface area contributed by atoms with Gasteiger partial charge in [0.05, 0.1) is 0 Å². The van der Waals surface area contributed by atoms with Gasteiger partial charge in [-0.1, -0.05) is 0 Å². The van der Waals surface area contributed by atoms with Crippen LogP contribution < -0.4 is 0 Å². The van der Waals surface area contributed by atoms with E-state index >= 15 is 0 Å². The van der Waals surface area contributed by atoms with E-state index in [1.165, 1.54) is 6.08 Å². The first kappa shape index (κ1) is 6.61. The third-order valence-electron chi connectivity index (χ3n) is 1.04. The van der Waals surface area contributed by atoms with E-state index in [0.29, 0.717) is 0 Å². The van der Waals surface area contributed by atoms with Crippen molar-refractivity contribution in [1.29, 1.82) is 0 Å². The van der Waals surface area contributed by atoms with Crippen molar-refractivity contribution in [2.75, 3.05) is 0 Å². The van der Waals surface area contributed by atoms with Crippen molar-refractivity contribution in [2.24, 2.45) is 0 Å². The van der Waals surface area contributed by atoms with E-state index in [4.69, 9.17) is 5.11 Å². The summed E-state index contributed by atoms with van der Waals surface area (Å²) < 4.78 is 0. The van der Waals surface area contributed by atoms with Crippen LogP contribution in [0.3, 0.4) is 0 Å². The van der Waals surface area contributed by atoms with Crippen LogP contribution in [0.2, 0.25) is 0 Å². The number of hydrogen-bond donors (Lipinski definition) is 2. The normalized spacial score (nSPS) is 10.4. The number of H-pyrrole nitrogens is 1. The predicted octanol–water partition coefficient (Wildman–Crippen LogP) is 1.11. The minimum absolute atomic E-state index is 0.863. The Bertz CT molecular complexity index is 236. The number of rotatable bonds is 2. The number of carboxylic acids is 1. The highest BCUT2D eigenvalue weighted by molar-refractivity contribution is 5.85. The number of nitrogens with one attached hydrogen (secondary N) is 1. The average molecular weight is 137 g/mol. The number of aliphatic carboxylic acids is 1. The van der Waals surface area contributed by atoms with Crippen LogP contribution >= 0.6 is 0 Å². The molecule has 0 amide bonds. The van der Waals surface area contributed by atoms with Gasteiger partial charge in [0.2, 0.25) is 0 Å². The van der Waals surface area contributed by atoms with Crippen molar-refractivity contribution >= 4 is 12.0 Å². The first-order valence-electron chi connectivity index (χ1n) is 2.83. The Morgan fingerprint density at radius 3 is 3.00 bits per heavy atom. The van der Waals surface area contributed by atoms with Crippen LogP contribution in [-0.2, 0) is 4.79 Å². The molecule has 0 aliphatic rings. The summed E-state index contributed by atoms with van der Waals surface area (Å²) in [6, 6.07) is 1.79. The zero-order valence-electron chi connectivity index (χ0n) is 5.24. The summed E-state index contributed by atoms with van der Waals surface area (Å²) in [5.74, 6) is -0.929. The molecule has 0 fully saturated rings. The van der Waals surface area contributed by atoms with E-state index in [1.807, 2.05) is 0 Å². The minimum Gasteiger partial charge on any atom is -0.478 e. The second kappa shape index (κ2) is 2.87. The highest BCUT2D eigenvalue weighted by Crippen LogP contribution is 1.98. The second-order valence-corrected chi connectivity index (χ2v) is 1.82. The van der Waals surface area contributed by atoms with E-state index < -0.39 is 5.97 Å². The van der Waals surface area contributed by atoms with E-state index in [-0.39, 0.29) is 0 Å². The smallest absolute Gasteiger partial charge is 0.328 e. The number of carboxylic acid groups (broad SMARTS) is 1. The van der Waals surface area contributed by atoms with Crippen LogP contribution in [0.1, 0.15) is 5.56 Å². The molecule has 0 saturated carbocycles. The predicted molar refractivity (Wildman–Crippen MR) is 37.5 cm³/mol. The SMILES string of the molecule is O=C(O)/C=C/c1cc[nH]c1. The van der Waals surface area contributed by atoms with E-state index in [0.717, 1.165) is 11.6 Å². The van der Waals surface area contributed by atoms with Crippen LogP contribution in [0.4, 0.5) is 0 Å². The monoisotopic (exact) mass is 137 g/mol. The highest BCUT2D eigenvalue weighted by atomic mass is 16.4. The molecule has 3 heteroatoms. The quantitative estimate of drug-likeness (QED) is 0.600. The molecule has 0 bridgehead atoms. The van der Waals surface area contributed by atoms with Gasteiger partial charge < -0.3 is 10.1 Å². The summed E-state index contributed by atoms with van der Waals surface area (Å²) >= 11 is 0. The minimum atomic E-state index is -0.929. The van der Waals surface area contributed by atoms with Crippen LogP contribution in [-0.4, -0.2) is 16.1 Å². The Labute approximate surface area is 58.0 Å². The molecule has 0 radical (unpaired) electrons. The summed E-state index contributed by atoms with van der Waals surface area (Å²) in [4.78, 5) is 12.8. The van der Waals surface area contributed by atoms with Gasteiger partial charge in [0, 0.05) is 18.5 Å². The molecule has 2 N–H and O–H groups in total. The molecule has 0 aliphatic carbocycles. The molecular formula is C7H7NO2. The van der Waals surface area contributed by atoms with Crippen LogP contribution in [0.15, 0.2) is 24.5 Å². The largest absolute Gasteiger partial charge is 0.478 e. The Morgan fingerprint density at radius 2 is 2.50 bits per heavy atom. The number of aromatic amines is 1. The van der Waals surface area contributed by atoms with Gasteiger partial charge >= 0.3 is 5.97 Å². The van der Waals surface area contributed by atoms with Crippen molar-refractivity contribution in [1.82, 2.24) is 4.98 Å². The Morgan fingerprint density at radius 1 is 1.70 bits per heavy atom. The molecule has 1 heterocycles. The van der Waals surface area contributed by atoms with Gasteiger partial charge in [-0.2, -0.15) is 0 Å². The lowest BCUT2D eigenvalue weighted by atomic mass is 10.3. The highest BCUT2D eigenvalue weighted by Gasteiger charge is 1.86. The van der Waals surface area contributed by atoms with Crippen LogP contribution in [0.5, 0.6) is 0 Å². The Kier molecular flexibility index (Phi) is 1.89. The van der Waals surface area contributed by atoms with Gasteiger partial charge in [-0.15, -0.1) is 0 Å². The van der Waals surface area contributed by atoms with Crippen molar-refractivity contribution in [3.63, 3.8) is 0 Å². The second-order valence-electron chi connectivity index (χ2n) is 1.82. The molecule has 0 saturated heterocycles. The fourth-order valence-electron chi connectivity index (χ4n) is 0.608. The maximum absolute atomic E-state index is 10.00. The van der Waals surface area contributed by atoms with Crippen molar-refractivity contribution in [3.05, 3.63) is 30.1 Å². The molecule has 0 spiro atoms. The van der Waals surface area contributed by atoms with Crippen molar-refractivity contribution in [3.8, 4) is 0 Å². The molecule has 0 atom stereocenters. The molecule has 3 nitrogen and oxygen atoms in total. The molecule has 1 rings (SSSR count). The summed E-state index contributed by atoms with van der Waals surface area (Å²) in [5.41, 5.74) is 0.863. The summed E-state index contributed by atoms with van der Waals surface area (Å²) in [7, 11) is 0. The van der Waals surface area contributed by atoms with Gasteiger partial charge in [-0.3, -0.25) is 0 Å². The number of aromatic nitrogens is 1. The standard InChI is InChI=1S/C7H7NO2/c9-7(10)2-1-6-3-4-8-5-6/h1-5,8H,(H,9,10)/b2-1+. The topological polar surface area (TPSA) is 53.1 Å². The average Bonchev–Trinajstić information content (AvgIpc) is 2.34. The molecule has 0 aromatic carbocycles. The fourth-order valence-corrected chi connectivity index (χ4v) is 0.608. The summed E-state index contributed by atoms with van der Waals surface area (Å²) in [6.45, 7) is 0. The first-order chi connectivity index (χ1) is 4.79. The molecule has 1 aromatic rings. The van der Waals surface area contributed by atoms with Gasteiger partial charge in [0.15, 0.2) is 0 Å².